The number of carboxylic acids is 1. The minimum atomic E-state index is -3.80. The van der Waals surface area contributed by atoms with Crippen LogP contribution in [0.2, 0.25) is 0 Å². The number of nitrogens with zero attached hydrogens (tertiary/aromatic N) is 4. The second-order valence-corrected chi connectivity index (χ2v) is 16.1. The van der Waals surface area contributed by atoms with Gasteiger partial charge in [0.2, 0.25) is 20.0 Å². The molecule has 0 aliphatic rings. The van der Waals surface area contributed by atoms with Gasteiger partial charge in [0.15, 0.2) is 0 Å². The lowest BCUT2D eigenvalue weighted by Gasteiger charge is -2.17. The van der Waals surface area contributed by atoms with E-state index in [0.29, 0.717) is 11.1 Å². The summed E-state index contributed by atoms with van der Waals surface area (Å²) in [7, 11) is -7.61. The summed E-state index contributed by atoms with van der Waals surface area (Å²) in [5.74, 6) is -2.65. The van der Waals surface area contributed by atoms with E-state index in [-0.39, 0.29) is 24.6 Å². The molecule has 0 saturated carbocycles. The average molecular weight is 746 g/mol. The standard InChI is InChI=1S/C15H16N4O4S2.C15H15N3O4S2/c20-15(17-21)13(9-19-6-1-5-16-19)18-25(22,23)10-11-2-3-14-12(8-11)4-7-24-14;19-15(20)13(9-18-6-1-5-16-18)17-24(21,22)10-11-2-3-14-12(8-11)4-7-23-14/h1-8,13,18,21H,9-10H2,(H,17,20);1-8,13,17H,9-10H2,(H,19,20)/t2*13-/m11/s1. The van der Waals surface area contributed by atoms with Crippen LogP contribution in [-0.4, -0.2) is 70.7 Å². The van der Waals surface area contributed by atoms with Gasteiger partial charge in [-0.25, -0.2) is 27.0 Å². The van der Waals surface area contributed by atoms with Crippen molar-refractivity contribution in [2.45, 2.75) is 36.7 Å². The van der Waals surface area contributed by atoms with Crippen molar-refractivity contribution in [3.05, 3.63) is 107 Å². The Morgan fingerprint density at radius 1 is 0.735 bits per heavy atom. The van der Waals surface area contributed by atoms with Crippen LogP contribution in [0.5, 0.6) is 0 Å². The Morgan fingerprint density at radius 2 is 1.20 bits per heavy atom. The zero-order chi connectivity index (χ0) is 35.0. The van der Waals surface area contributed by atoms with Crippen molar-refractivity contribution in [1.29, 1.82) is 0 Å². The second kappa shape index (κ2) is 15.8. The van der Waals surface area contributed by atoms with Crippen LogP contribution in [0.4, 0.5) is 0 Å². The fraction of sp³-hybridized carbons (Fsp3) is 0.200. The largest absolute Gasteiger partial charge is 0.480 e. The fourth-order valence-electron chi connectivity index (χ4n) is 4.78. The Morgan fingerprint density at radius 3 is 1.63 bits per heavy atom. The monoisotopic (exact) mass is 745 g/mol. The van der Waals surface area contributed by atoms with Gasteiger partial charge in [0.05, 0.1) is 24.6 Å². The number of rotatable bonds is 14. The first-order chi connectivity index (χ1) is 23.4. The summed E-state index contributed by atoms with van der Waals surface area (Å²) in [6.07, 6.45) is 6.19. The molecule has 0 aliphatic carbocycles. The zero-order valence-corrected chi connectivity index (χ0v) is 28.8. The van der Waals surface area contributed by atoms with Crippen molar-refractivity contribution in [3.63, 3.8) is 0 Å². The zero-order valence-electron chi connectivity index (χ0n) is 25.5. The van der Waals surface area contributed by atoms with Crippen molar-refractivity contribution in [2.75, 3.05) is 0 Å². The van der Waals surface area contributed by atoms with Gasteiger partial charge in [-0.15, -0.1) is 22.7 Å². The number of hydroxylamine groups is 1. The van der Waals surface area contributed by atoms with Gasteiger partial charge in [-0.2, -0.15) is 14.9 Å². The van der Waals surface area contributed by atoms with Crippen LogP contribution in [0.15, 0.2) is 96.2 Å². The molecule has 0 saturated heterocycles. The predicted molar refractivity (Wildman–Crippen MR) is 185 cm³/mol. The summed E-state index contributed by atoms with van der Waals surface area (Å²) < 4.78 is 59.0. The van der Waals surface area contributed by atoms with Crippen LogP contribution in [0.1, 0.15) is 11.1 Å². The molecule has 0 fully saturated rings. The van der Waals surface area contributed by atoms with Crippen molar-refractivity contribution in [3.8, 4) is 0 Å². The third-order valence-electron chi connectivity index (χ3n) is 6.97. The molecule has 4 aromatic heterocycles. The van der Waals surface area contributed by atoms with Gasteiger partial charge in [0, 0.05) is 34.2 Å². The summed E-state index contributed by atoms with van der Waals surface area (Å²) in [5.41, 5.74) is 2.70. The number of carbonyl (C=O) groups excluding carboxylic acids is 1. The van der Waals surface area contributed by atoms with E-state index in [0.717, 1.165) is 20.2 Å². The Kier molecular flexibility index (Phi) is 11.5. The van der Waals surface area contributed by atoms with E-state index in [4.69, 9.17) is 5.21 Å². The molecule has 0 unspecified atom stereocenters. The Labute approximate surface area is 288 Å². The number of carbonyl (C=O) groups is 2. The fourth-order valence-corrected chi connectivity index (χ4v) is 8.95. The van der Waals surface area contributed by atoms with Gasteiger partial charge >= 0.3 is 5.97 Å². The SMILES string of the molecule is O=C(NO)[C@@H](Cn1cccn1)NS(=O)(=O)Cc1ccc2sccc2c1.O=C(O)[C@@H](Cn1cccn1)NS(=O)(=O)Cc1ccc2sccc2c1. The summed E-state index contributed by atoms with van der Waals surface area (Å²) in [6.45, 7) is -0.118. The number of hydrogen-bond acceptors (Lipinski definition) is 11. The van der Waals surface area contributed by atoms with E-state index >= 15 is 0 Å². The molecule has 2 atom stereocenters. The predicted octanol–water partition coefficient (Wildman–Crippen LogP) is 2.76. The lowest BCUT2D eigenvalue weighted by molar-refractivity contribution is -0.139. The van der Waals surface area contributed by atoms with E-state index < -0.39 is 44.0 Å². The minimum Gasteiger partial charge on any atom is -0.480 e. The van der Waals surface area contributed by atoms with Crippen LogP contribution >= 0.6 is 22.7 Å². The topological polar surface area (TPSA) is 215 Å². The van der Waals surface area contributed by atoms with Crippen LogP contribution in [0.3, 0.4) is 0 Å². The number of nitrogens with one attached hydrogen (secondary N) is 3. The Bertz CT molecular complexity index is 2230. The van der Waals surface area contributed by atoms with Crippen molar-refractivity contribution < 1.29 is 36.7 Å². The third kappa shape index (κ3) is 10.2. The van der Waals surface area contributed by atoms with Gasteiger partial charge < -0.3 is 5.11 Å². The lowest BCUT2D eigenvalue weighted by Crippen LogP contribution is -2.48. The third-order valence-corrected chi connectivity index (χ3v) is 11.5. The molecule has 6 rings (SSSR count). The van der Waals surface area contributed by atoms with Gasteiger partial charge in [-0.3, -0.25) is 24.2 Å². The molecule has 15 nitrogen and oxygen atoms in total. The molecule has 0 aliphatic heterocycles. The maximum Gasteiger partial charge on any atom is 0.323 e. The summed E-state index contributed by atoms with van der Waals surface area (Å²) in [6, 6.07) is 15.5. The number of aliphatic carboxylic acids is 1. The average Bonchev–Trinajstić information content (AvgIpc) is 3.88. The molecule has 4 heterocycles. The summed E-state index contributed by atoms with van der Waals surface area (Å²) in [4.78, 5) is 23.1. The number of benzene rings is 2. The van der Waals surface area contributed by atoms with Crippen molar-refractivity contribution in [1.82, 2.24) is 34.5 Å². The lowest BCUT2D eigenvalue weighted by atomic mass is 10.2. The van der Waals surface area contributed by atoms with E-state index in [9.17, 15) is 31.5 Å². The van der Waals surface area contributed by atoms with Crippen LogP contribution in [0.25, 0.3) is 20.2 Å². The van der Waals surface area contributed by atoms with Gasteiger partial charge in [-0.05, 0) is 81.2 Å². The first kappa shape index (κ1) is 35.8. The molecule has 0 bridgehead atoms. The molecule has 5 N–H and O–H groups in total. The van der Waals surface area contributed by atoms with Crippen molar-refractivity contribution in [2.24, 2.45) is 0 Å². The Balaban J connectivity index is 0.000000191. The molecule has 1 amide bonds. The number of amides is 1. The van der Waals surface area contributed by atoms with E-state index in [2.05, 4.69) is 19.6 Å². The molecule has 49 heavy (non-hydrogen) atoms. The number of thiophene rings is 2. The van der Waals surface area contributed by atoms with Crippen LogP contribution in [0, 0.1) is 0 Å². The molecular formula is C30H31N7O8S4. The van der Waals surface area contributed by atoms with Crippen molar-refractivity contribution >= 4 is 74.8 Å². The second-order valence-electron chi connectivity index (χ2n) is 10.7. The quantitative estimate of drug-likeness (QED) is 0.0812. The molecule has 0 radical (unpaired) electrons. The first-order valence-electron chi connectivity index (χ1n) is 14.4. The van der Waals surface area contributed by atoms with E-state index in [1.54, 1.807) is 71.5 Å². The number of carboxylic acid groups (broad SMARTS) is 1. The van der Waals surface area contributed by atoms with E-state index in [1.807, 2.05) is 35.0 Å². The maximum atomic E-state index is 12.4. The highest BCUT2D eigenvalue weighted by atomic mass is 32.2. The number of sulfonamides is 2. The molecule has 0 spiro atoms. The molecule has 19 heteroatoms. The normalized spacial score (nSPS) is 13.1. The summed E-state index contributed by atoms with van der Waals surface area (Å²) >= 11 is 3.16. The highest BCUT2D eigenvalue weighted by molar-refractivity contribution is 7.89. The number of aromatic nitrogens is 4. The van der Waals surface area contributed by atoms with Crippen LogP contribution < -0.4 is 14.9 Å². The number of fused-ring (bicyclic) bond motifs is 2. The first-order valence-corrected chi connectivity index (χ1v) is 19.5. The van der Waals surface area contributed by atoms with Gasteiger partial charge in [0.25, 0.3) is 5.91 Å². The highest BCUT2D eigenvalue weighted by Crippen LogP contribution is 2.23. The highest BCUT2D eigenvalue weighted by Gasteiger charge is 2.26. The van der Waals surface area contributed by atoms with Gasteiger partial charge in [-0.1, -0.05) is 12.1 Å². The maximum absolute atomic E-state index is 12.4. The molecule has 2 aromatic carbocycles. The van der Waals surface area contributed by atoms with Crippen LogP contribution in [-0.2, 0) is 54.2 Å². The molecular weight excluding hydrogens is 715 g/mol. The number of hydrogen-bond donors (Lipinski definition) is 5. The van der Waals surface area contributed by atoms with E-state index in [1.165, 1.54) is 27.2 Å². The van der Waals surface area contributed by atoms with Gasteiger partial charge in [0.1, 0.15) is 12.1 Å². The molecule has 258 valence electrons. The smallest absolute Gasteiger partial charge is 0.323 e. The minimum absolute atomic E-state index is 0.0395. The Hall–Kier alpha value is -4.50. The summed E-state index contributed by atoms with van der Waals surface area (Å²) in [5, 5.41) is 31.8. The molecule has 6 aromatic rings.